The first-order valence-electron chi connectivity index (χ1n) is 5.90. The Bertz CT molecular complexity index is 232. The maximum absolute atomic E-state index is 11.8. The summed E-state index contributed by atoms with van der Waals surface area (Å²) in [7, 11) is 0. The molecule has 1 saturated heterocycles. The fourth-order valence-corrected chi connectivity index (χ4v) is 2.08. The fraction of sp³-hybridized carbons (Fsp3) is 0.917. The molecule has 3 nitrogen and oxygen atoms in total. The summed E-state index contributed by atoms with van der Waals surface area (Å²) in [6, 6.07) is -0.302. The van der Waals surface area contributed by atoms with Crippen LogP contribution in [0.5, 0.6) is 0 Å². The molecule has 2 atom stereocenters. The molecule has 1 rings (SSSR count). The van der Waals surface area contributed by atoms with Gasteiger partial charge in [-0.2, -0.15) is 0 Å². The van der Waals surface area contributed by atoms with Gasteiger partial charge in [0, 0.05) is 13.1 Å². The Hall–Kier alpha value is -0.570. The number of amides is 1. The third kappa shape index (κ3) is 2.94. The summed E-state index contributed by atoms with van der Waals surface area (Å²) in [6.45, 7) is 10.5. The van der Waals surface area contributed by atoms with Crippen molar-refractivity contribution in [2.45, 2.75) is 46.6 Å². The minimum Gasteiger partial charge on any atom is -0.341 e. The zero-order valence-corrected chi connectivity index (χ0v) is 10.4. The minimum atomic E-state index is -0.302. The molecule has 1 fully saturated rings. The van der Waals surface area contributed by atoms with Crippen molar-refractivity contribution in [3.05, 3.63) is 0 Å². The molecule has 1 amide bonds. The quantitative estimate of drug-likeness (QED) is 0.756. The molecule has 0 bridgehead atoms. The van der Waals surface area contributed by atoms with Crippen LogP contribution in [0.1, 0.15) is 40.5 Å². The van der Waals surface area contributed by atoms with Gasteiger partial charge in [0.1, 0.15) is 0 Å². The van der Waals surface area contributed by atoms with Crippen LogP contribution >= 0.6 is 0 Å². The van der Waals surface area contributed by atoms with E-state index in [9.17, 15) is 4.79 Å². The molecule has 2 N–H and O–H groups in total. The van der Waals surface area contributed by atoms with E-state index >= 15 is 0 Å². The van der Waals surface area contributed by atoms with Crippen LogP contribution in [0.2, 0.25) is 0 Å². The number of hydrogen-bond acceptors (Lipinski definition) is 2. The van der Waals surface area contributed by atoms with E-state index in [0.29, 0.717) is 11.3 Å². The van der Waals surface area contributed by atoms with Crippen molar-refractivity contribution >= 4 is 5.91 Å². The van der Waals surface area contributed by atoms with Crippen molar-refractivity contribution < 1.29 is 4.79 Å². The van der Waals surface area contributed by atoms with E-state index in [1.807, 2.05) is 11.8 Å². The lowest BCUT2D eigenvalue weighted by molar-refractivity contribution is -0.131. The molecule has 1 heterocycles. The van der Waals surface area contributed by atoms with Gasteiger partial charge in [-0.3, -0.25) is 4.79 Å². The monoisotopic (exact) mass is 212 g/mol. The van der Waals surface area contributed by atoms with Crippen LogP contribution in [0.25, 0.3) is 0 Å². The Balaban J connectivity index is 2.53. The zero-order valence-electron chi connectivity index (χ0n) is 10.4. The van der Waals surface area contributed by atoms with Crippen LogP contribution in [0, 0.1) is 11.3 Å². The number of carbonyl (C=O) groups excluding carboxylic acids is 1. The predicted octanol–water partition coefficient (Wildman–Crippen LogP) is 1.62. The van der Waals surface area contributed by atoms with Gasteiger partial charge in [0.05, 0.1) is 6.04 Å². The van der Waals surface area contributed by atoms with Gasteiger partial charge in [-0.15, -0.1) is 0 Å². The number of likely N-dealkylation sites (tertiary alicyclic amines) is 1. The SMILES string of the molecule is CC[C@H](N)C(=O)N1CCC(C(C)(C)C)C1. The molecular formula is C12H24N2O. The third-order valence-corrected chi connectivity index (χ3v) is 3.48. The molecule has 0 radical (unpaired) electrons. The van der Waals surface area contributed by atoms with Gasteiger partial charge >= 0.3 is 0 Å². The fourth-order valence-electron chi connectivity index (χ4n) is 2.08. The van der Waals surface area contributed by atoms with E-state index in [1.165, 1.54) is 0 Å². The molecule has 0 aromatic rings. The van der Waals surface area contributed by atoms with Gasteiger partial charge in [-0.1, -0.05) is 27.7 Å². The Morgan fingerprint density at radius 1 is 1.53 bits per heavy atom. The van der Waals surface area contributed by atoms with Crippen molar-refractivity contribution in [1.82, 2.24) is 4.90 Å². The second-order valence-electron chi connectivity index (χ2n) is 5.65. The lowest BCUT2D eigenvalue weighted by Gasteiger charge is -2.27. The smallest absolute Gasteiger partial charge is 0.239 e. The van der Waals surface area contributed by atoms with Crippen LogP contribution in [0.15, 0.2) is 0 Å². The van der Waals surface area contributed by atoms with Gasteiger partial charge in [-0.05, 0) is 24.2 Å². The molecule has 1 aliphatic heterocycles. The number of rotatable bonds is 2. The predicted molar refractivity (Wildman–Crippen MR) is 62.4 cm³/mol. The molecule has 88 valence electrons. The zero-order chi connectivity index (χ0) is 11.6. The van der Waals surface area contributed by atoms with E-state index in [4.69, 9.17) is 5.73 Å². The molecule has 0 aromatic carbocycles. The summed E-state index contributed by atoms with van der Waals surface area (Å²) < 4.78 is 0. The molecule has 0 aromatic heterocycles. The third-order valence-electron chi connectivity index (χ3n) is 3.48. The second kappa shape index (κ2) is 4.52. The highest BCUT2D eigenvalue weighted by molar-refractivity contribution is 5.81. The first-order valence-corrected chi connectivity index (χ1v) is 5.90. The summed E-state index contributed by atoms with van der Waals surface area (Å²) in [5.41, 5.74) is 6.06. The van der Waals surface area contributed by atoms with Crippen molar-refractivity contribution in [2.24, 2.45) is 17.1 Å². The van der Waals surface area contributed by atoms with Gasteiger partial charge in [-0.25, -0.2) is 0 Å². The second-order valence-corrected chi connectivity index (χ2v) is 5.65. The van der Waals surface area contributed by atoms with Gasteiger partial charge < -0.3 is 10.6 Å². The molecule has 0 aliphatic carbocycles. The Morgan fingerprint density at radius 3 is 2.53 bits per heavy atom. The standard InChI is InChI=1S/C12H24N2O/c1-5-10(13)11(15)14-7-6-9(8-14)12(2,3)4/h9-10H,5-8,13H2,1-4H3/t9?,10-/m0/s1. The summed E-state index contributed by atoms with van der Waals surface area (Å²) in [6.07, 6.45) is 1.85. The molecule has 1 aliphatic rings. The van der Waals surface area contributed by atoms with E-state index in [1.54, 1.807) is 0 Å². The number of nitrogens with two attached hydrogens (primary N) is 1. The van der Waals surface area contributed by atoms with Crippen molar-refractivity contribution in [3.8, 4) is 0 Å². The van der Waals surface area contributed by atoms with E-state index < -0.39 is 0 Å². The van der Waals surface area contributed by atoms with E-state index in [2.05, 4.69) is 20.8 Å². The first-order chi connectivity index (χ1) is 6.86. The summed E-state index contributed by atoms with van der Waals surface area (Å²) >= 11 is 0. The Kier molecular flexibility index (Phi) is 3.77. The summed E-state index contributed by atoms with van der Waals surface area (Å²) in [5, 5.41) is 0. The maximum Gasteiger partial charge on any atom is 0.239 e. The molecule has 0 spiro atoms. The molecule has 15 heavy (non-hydrogen) atoms. The van der Waals surface area contributed by atoms with Crippen LogP contribution in [-0.4, -0.2) is 29.9 Å². The lowest BCUT2D eigenvalue weighted by atomic mass is 9.80. The Labute approximate surface area is 93.0 Å². The number of hydrogen-bond donors (Lipinski definition) is 1. The molecule has 0 saturated carbocycles. The van der Waals surface area contributed by atoms with Crippen LogP contribution in [0.4, 0.5) is 0 Å². The van der Waals surface area contributed by atoms with Crippen molar-refractivity contribution in [3.63, 3.8) is 0 Å². The van der Waals surface area contributed by atoms with Crippen LogP contribution in [0.3, 0.4) is 0 Å². The highest BCUT2D eigenvalue weighted by Gasteiger charge is 2.34. The largest absolute Gasteiger partial charge is 0.341 e. The Morgan fingerprint density at radius 2 is 2.13 bits per heavy atom. The average molecular weight is 212 g/mol. The van der Waals surface area contributed by atoms with Crippen LogP contribution in [-0.2, 0) is 4.79 Å². The topological polar surface area (TPSA) is 46.3 Å². The highest BCUT2D eigenvalue weighted by Crippen LogP contribution is 2.33. The van der Waals surface area contributed by atoms with E-state index in [-0.39, 0.29) is 11.9 Å². The highest BCUT2D eigenvalue weighted by atomic mass is 16.2. The lowest BCUT2D eigenvalue weighted by Crippen LogP contribution is -2.42. The molecule has 1 unspecified atom stereocenters. The summed E-state index contributed by atoms with van der Waals surface area (Å²) in [4.78, 5) is 13.8. The molecular weight excluding hydrogens is 188 g/mol. The minimum absolute atomic E-state index is 0.129. The van der Waals surface area contributed by atoms with Gasteiger partial charge in [0.25, 0.3) is 0 Å². The average Bonchev–Trinajstić information content (AvgIpc) is 2.63. The summed E-state index contributed by atoms with van der Waals surface area (Å²) in [5.74, 6) is 0.745. The van der Waals surface area contributed by atoms with Gasteiger partial charge in [0.15, 0.2) is 0 Å². The normalized spacial score (nSPS) is 24.3. The van der Waals surface area contributed by atoms with Crippen LogP contribution < -0.4 is 5.73 Å². The molecule has 3 heteroatoms. The van der Waals surface area contributed by atoms with E-state index in [0.717, 1.165) is 25.9 Å². The first kappa shape index (κ1) is 12.5. The van der Waals surface area contributed by atoms with Crippen molar-refractivity contribution in [1.29, 1.82) is 0 Å². The van der Waals surface area contributed by atoms with Crippen molar-refractivity contribution in [2.75, 3.05) is 13.1 Å². The maximum atomic E-state index is 11.8. The number of nitrogens with zero attached hydrogens (tertiary/aromatic N) is 1. The van der Waals surface area contributed by atoms with Gasteiger partial charge in [0.2, 0.25) is 5.91 Å². The number of carbonyl (C=O) groups is 1.